The molecule has 0 fully saturated rings. The molecule has 1 aromatic carbocycles. The Balaban J connectivity index is 2.28. The van der Waals surface area contributed by atoms with Gasteiger partial charge in [0.1, 0.15) is 5.75 Å². The molecule has 2 rings (SSSR count). The SMILES string of the molecule is CC(C)n1ncc(Br)c1C(N)c1ccc(OC(F)F)cc1. The summed E-state index contributed by atoms with van der Waals surface area (Å²) < 4.78 is 31.2. The van der Waals surface area contributed by atoms with Crippen LogP contribution in [0.1, 0.15) is 37.2 Å². The highest BCUT2D eigenvalue weighted by atomic mass is 79.9. The fourth-order valence-corrected chi connectivity index (χ4v) is 2.59. The lowest BCUT2D eigenvalue weighted by atomic mass is 10.0. The first-order chi connectivity index (χ1) is 9.90. The first-order valence-corrected chi connectivity index (χ1v) is 7.22. The Kier molecular flexibility index (Phi) is 4.95. The van der Waals surface area contributed by atoms with Gasteiger partial charge in [-0.05, 0) is 47.5 Å². The van der Waals surface area contributed by atoms with E-state index in [1.165, 1.54) is 12.1 Å². The first kappa shape index (κ1) is 15.9. The number of ether oxygens (including phenoxy) is 1. The van der Waals surface area contributed by atoms with Gasteiger partial charge in [-0.2, -0.15) is 13.9 Å². The minimum absolute atomic E-state index is 0.109. The fourth-order valence-electron chi connectivity index (χ4n) is 2.07. The van der Waals surface area contributed by atoms with Crippen molar-refractivity contribution in [2.45, 2.75) is 32.5 Å². The molecule has 2 aromatic rings. The van der Waals surface area contributed by atoms with E-state index in [1.807, 2.05) is 18.5 Å². The first-order valence-electron chi connectivity index (χ1n) is 6.43. The Labute approximate surface area is 130 Å². The average Bonchev–Trinajstić information content (AvgIpc) is 2.80. The molecule has 1 heterocycles. The van der Waals surface area contributed by atoms with Crippen LogP contribution in [0.5, 0.6) is 5.75 Å². The molecule has 0 aliphatic heterocycles. The monoisotopic (exact) mass is 359 g/mol. The summed E-state index contributed by atoms with van der Waals surface area (Å²) in [4.78, 5) is 0. The van der Waals surface area contributed by atoms with Crippen molar-refractivity contribution in [3.63, 3.8) is 0 Å². The van der Waals surface area contributed by atoms with E-state index in [1.54, 1.807) is 18.3 Å². The maximum absolute atomic E-state index is 12.1. The summed E-state index contributed by atoms with van der Waals surface area (Å²) in [7, 11) is 0. The number of nitrogens with two attached hydrogens (primary N) is 1. The van der Waals surface area contributed by atoms with Crippen LogP contribution < -0.4 is 10.5 Å². The van der Waals surface area contributed by atoms with Crippen LogP contribution in [0.3, 0.4) is 0 Å². The Bertz CT molecular complexity index is 599. The molecular formula is C14H16BrF2N3O. The van der Waals surface area contributed by atoms with Crippen LogP contribution in [0.2, 0.25) is 0 Å². The summed E-state index contributed by atoms with van der Waals surface area (Å²) in [5.41, 5.74) is 7.90. The molecule has 7 heteroatoms. The van der Waals surface area contributed by atoms with Gasteiger partial charge in [-0.1, -0.05) is 12.1 Å². The van der Waals surface area contributed by atoms with Crippen LogP contribution in [-0.2, 0) is 0 Å². The standard InChI is InChI=1S/C14H16BrF2N3O/c1-8(2)20-13(11(15)7-19-20)12(18)9-3-5-10(6-4-9)21-14(16)17/h3-8,12,14H,18H2,1-2H3. The smallest absolute Gasteiger partial charge is 0.387 e. The van der Waals surface area contributed by atoms with E-state index in [-0.39, 0.29) is 11.8 Å². The van der Waals surface area contributed by atoms with Gasteiger partial charge < -0.3 is 10.5 Å². The Morgan fingerprint density at radius 1 is 1.24 bits per heavy atom. The van der Waals surface area contributed by atoms with Crippen LogP contribution in [0.15, 0.2) is 34.9 Å². The van der Waals surface area contributed by atoms with Crippen LogP contribution in [0.4, 0.5) is 8.78 Å². The summed E-state index contributed by atoms with van der Waals surface area (Å²) in [6.45, 7) is 1.19. The molecule has 0 radical (unpaired) electrons. The van der Waals surface area contributed by atoms with Crippen molar-refractivity contribution >= 4 is 15.9 Å². The van der Waals surface area contributed by atoms with Gasteiger partial charge in [-0.3, -0.25) is 4.68 Å². The second kappa shape index (κ2) is 6.53. The number of nitrogens with zero attached hydrogens (tertiary/aromatic N) is 2. The average molecular weight is 360 g/mol. The van der Waals surface area contributed by atoms with Gasteiger partial charge in [0.2, 0.25) is 0 Å². The van der Waals surface area contributed by atoms with Gasteiger partial charge in [0.15, 0.2) is 0 Å². The van der Waals surface area contributed by atoms with Gasteiger partial charge in [0.05, 0.1) is 22.4 Å². The molecule has 4 nitrogen and oxygen atoms in total. The highest BCUT2D eigenvalue weighted by Crippen LogP contribution is 2.29. The van der Waals surface area contributed by atoms with Crippen molar-refractivity contribution in [3.05, 3.63) is 46.2 Å². The molecule has 2 N–H and O–H groups in total. The number of aromatic nitrogens is 2. The Morgan fingerprint density at radius 3 is 2.38 bits per heavy atom. The summed E-state index contributed by atoms with van der Waals surface area (Å²) in [6, 6.07) is 6.05. The van der Waals surface area contributed by atoms with Crippen molar-refractivity contribution in [1.29, 1.82) is 0 Å². The highest BCUT2D eigenvalue weighted by Gasteiger charge is 2.20. The largest absolute Gasteiger partial charge is 0.435 e. The fraction of sp³-hybridized carbons (Fsp3) is 0.357. The highest BCUT2D eigenvalue weighted by molar-refractivity contribution is 9.10. The minimum Gasteiger partial charge on any atom is -0.435 e. The van der Waals surface area contributed by atoms with Crippen LogP contribution in [0, 0.1) is 0 Å². The number of halogens is 3. The van der Waals surface area contributed by atoms with Gasteiger partial charge in [-0.25, -0.2) is 0 Å². The molecule has 114 valence electrons. The lowest BCUT2D eigenvalue weighted by molar-refractivity contribution is -0.0498. The number of rotatable bonds is 5. The zero-order valence-electron chi connectivity index (χ0n) is 11.6. The molecule has 1 unspecified atom stereocenters. The molecule has 1 aromatic heterocycles. The molecule has 0 bridgehead atoms. The molecule has 0 saturated carbocycles. The van der Waals surface area contributed by atoms with Gasteiger partial charge >= 0.3 is 6.61 Å². The third-order valence-corrected chi connectivity index (χ3v) is 3.65. The Hall–Kier alpha value is -1.47. The lowest BCUT2D eigenvalue weighted by Gasteiger charge is -2.18. The van der Waals surface area contributed by atoms with Gasteiger partial charge in [-0.15, -0.1) is 0 Å². The molecule has 0 aliphatic rings. The van der Waals surface area contributed by atoms with Crippen molar-refractivity contribution in [2.24, 2.45) is 5.73 Å². The number of alkyl halides is 2. The van der Waals surface area contributed by atoms with Crippen molar-refractivity contribution in [2.75, 3.05) is 0 Å². The zero-order valence-corrected chi connectivity index (χ0v) is 13.2. The van der Waals surface area contributed by atoms with E-state index >= 15 is 0 Å². The van der Waals surface area contributed by atoms with E-state index in [2.05, 4.69) is 25.8 Å². The molecular weight excluding hydrogens is 344 g/mol. The third kappa shape index (κ3) is 3.59. The van der Waals surface area contributed by atoms with Crippen molar-refractivity contribution < 1.29 is 13.5 Å². The van der Waals surface area contributed by atoms with Crippen LogP contribution >= 0.6 is 15.9 Å². The zero-order chi connectivity index (χ0) is 15.6. The number of hydrogen-bond donors (Lipinski definition) is 1. The molecule has 0 saturated heterocycles. The molecule has 0 aliphatic carbocycles. The van der Waals surface area contributed by atoms with Gasteiger partial charge in [0.25, 0.3) is 0 Å². The molecule has 21 heavy (non-hydrogen) atoms. The van der Waals surface area contributed by atoms with E-state index in [0.717, 1.165) is 15.7 Å². The summed E-state index contributed by atoms with van der Waals surface area (Å²) >= 11 is 3.44. The van der Waals surface area contributed by atoms with Crippen LogP contribution in [0.25, 0.3) is 0 Å². The number of benzene rings is 1. The normalized spacial score (nSPS) is 13.0. The second-order valence-corrected chi connectivity index (χ2v) is 5.70. The second-order valence-electron chi connectivity index (χ2n) is 4.84. The third-order valence-electron chi connectivity index (χ3n) is 3.04. The van der Waals surface area contributed by atoms with Gasteiger partial charge in [0, 0.05) is 6.04 Å². The summed E-state index contributed by atoms with van der Waals surface area (Å²) in [6.07, 6.45) is 1.70. The topological polar surface area (TPSA) is 53.1 Å². The molecule has 0 amide bonds. The summed E-state index contributed by atoms with van der Waals surface area (Å²) in [5.74, 6) is 0.109. The predicted molar refractivity (Wildman–Crippen MR) is 79.4 cm³/mol. The maximum Gasteiger partial charge on any atom is 0.387 e. The quantitative estimate of drug-likeness (QED) is 0.881. The number of hydrogen-bond acceptors (Lipinski definition) is 3. The molecule has 0 spiro atoms. The Morgan fingerprint density at radius 2 is 1.86 bits per heavy atom. The van der Waals surface area contributed by atoms with Crippen molar-refractivity contribution in [1.82, 2.24) is 9.78 Å². The molecule has 1 atom stereocenters. The van der Waals surface area contributed by atoms with Crippen molar-refractivity contribution in [3.8, 4) is 5.75 Å². The lowest BCUT2D eigenvalue weighted by Crippen LogP contribution is -2.19. The minimum atomic E-state index is -2.83. The van der Waals surface area contributed by atoms with Crippen LogP contribution in [-0.4, -0.2) is 16.4 Å². The van der Waals surface area contributed by atoms with E-state index in [4.69, 9.17) is 5.73 Å². The maximum atomic E-state index is 12.1. The predicted octanol–water partition coefficient (Wildman–Crippen LogP) is 3.88. The van der Waals surface area contributed by atoms with E-state index in [0.29, 0.717) is 0 Å². The van der Waals surface area contributed by atoms with E-state index in [9.17, 15) is 8.78 Å². The summed E-state index contributed by atoms with van der Waals surface area (Å²) in [5, 5.41) is 4.28. The van der Waals surface area contributed by atoms with E-state index < -0.39 is 12.7 Å².